The minimum absolute atomic E-state index is 0.145. The molecule has 2 atom stereocenters. The van der Waals surface area contributed by atoms with Gasteiger partial charge in [-0.3, -0.25) is 9.36 Å². The number of thioether (sulfide) groups is 1. The lowest BCUT2D eigenvalue weighted by atomic mass is 10.1. The molecular weight excluding hydrogens is 446 g/mol. The van der Waals surface area contributed by atoms with Crippen LogP contribution in [0.2, 0.25) is 0 Å². The van der Waals surface area contributed by atoms with Gasteiger partial charge in [0, 0.05) is 18.0 Å². The zero-order valence-electron chi connectivity index (χ0n) is 17.5. The third-order valence-electron chi connectivity index (χ3n) is 5.02. The lowest BCUT2D eigenvalue weighted by molar-refractivity contribution is -0.138. The molecule has 1 aliphatic heterocycles. The van der Waals surface area contributed by atoms with Gasteiger partial charge in [0.05, 0.1) is 23.8 Å². The number of nitrogens with zero attached hydrogens (tertiary/aromatic N) is 6. The normalized spacial score (nSPS) is 17.7. The fraction of sp³-hybridized carbons (Fsp3) is 0.350. The lowest BCUT2D eigenvalue weighted by Crippen LogP contribution is -2.32. The molecule has 1 aromatic carbocycles. The third-order valence-corrected chi connectivity index (χ3v) is 6.13. The number of aromatic nitrogens is 4. The van der Waals surface area contributed by atoms with Crippen LogP contribution in [0.4, 0.5) is 23.4 Å². The van der Waals surface area contributed by atoms with E-state index in [1.54, 1.807) is 6.07 Å². The Morgan fingerprint density at radius 2 is 1.91 bits per heavy atom. The lowest BCUT2D eigenvalue weighted by Gasteiger charge is -2.15. The van der Waals surface area contributed by atoms with Crippen LogP contribution >= 0.6 is 11.8 Å². The molecule has 32 heavy (non-hydrogen) atoms. The third kappa shape index (κ3) is 4.37. The van der Waals surface area contributed by atoms with Gasteiger partial charge in [0.1, 0.15) is 10.9 Å². The molecule has 0 bridgehead atoms. The molecule has 0 amide bonds. The second kappa shape index (κ2) is 8.24. The highest BCUT2D eigenvalue weighted by Crippen LogP contribution is 2.34. The van der Waals surface area contributed by atoms with Gasteiger partial charge in [0.15, 0.2) is 11.3 Å². The number of anilines is 1. The minimum Gasteiger partial charge on any atom is -0.301 e. The van der Waals surface area contributed by atoms with Crippen LogP contribution in [0.1, 0.15) is 35.5 Å². The summed E-state index contributed by atoms with van der Waals surface area (Å²) in [7, 11) is 0. The number of hydrazone groups is 1. The van der Waals surface area contributed by atoms with Crippen molar-refractivity contribution in [1.29, 1.82) is 0 Å². The van der Waals surface area contributed by atoms with E-state index in [0.29, 0.717) is 5.82 Å². The van der Waals surface area contributed by atoms with Gasteiger partial charge in [-0.05, 0) is 50.6 Å². The number of hydrogen-bond acceptors (Lipinski definition) is 6. The van der Waals surface area contributed by atoms with Gasteiger partial charge in [0.2, 0.25) is 0 Å². The van der Waals surface area contributed by atoms with E-state index < -0.39 is 23.1 Å². The Kier molecular flexibility index (Phi) is 5.76. The van der Waals surface area contributed by atoms with Crippen molar-refractivity contribution in [1.82, 2.24) is 19.6 Å². The highest BCUT2D eigenvalue weighted by atomic mass is 32.2. The highest BCUT2D eigenvalue weighted by molar-refractivity contribution is 8.14. The Morgan fingerprint density at radius 3 is 2.56 bits per heavy atom. The van der Waals surface area contributed by atoms with Crippen LogP contribution in [0.25, 0.3) is 0 Å². The Morgan fingerprint density at radius 1 is 1.16 bits per heavy atom. The van der Waals surface area contributed by atoms with Crippen LogP contribution in [-0.4, -0.2) is 30.1 Å². The van der Waals surface area contributed by atoms with Crippen molar-refractivity contribution in [2.45, 2.75) is 45.0 Å². The smallest absolute Gasteiger partial charge is 0.301 e. The molecule has 2 aromatic heterocycles. The molecule has 1 aliphatic rings. The number of aryl methyl sites for hydroxylation is 2. The summed E-state index contributed by atoms with van der Waals surface area (Å²) in [5, 5.41) is 15.6. The zero-order chi connectivity index (χ0) is 23.2. The summed E-state index contributed by atoms with van der Waals surface area (Å²) >= 11 is 1.36. The van der Waals surface area contributed by atoms with E-state index in [4.69, 9.17) is 5.73 Å². The van der Waals surface area contributed by atoms with E-state index >= 15 is 0 Å². The number of benzene rings is 1. The first-order chi connectivity index (χ1) is 15.0. The Balaban J connectivity index is 1.56. The average Bonchev–Trinajstić information content (AvgIpc) is 3.39. The fourth-order valence-corrected chi connectivity index (χ4v) is 4.51. The average molecular weight is 467 g/mol. The van der Waals surface area contributed by atoms with Gasteiger partial charge in [0.25, 0.3) is 0 Å². The molecule has 0 fully saturated rings. The van der Waals surface area contributed by atoms with Crippen LogP contribution in [0.3, 0.4) is 0 Å². The van der Waals surface area contributed by atoms with Crippen LogP contribution < -0.4 is 10.7 Å². The van der Waals surface area contributed by atoms with Crippen molar-refractivity contribution >= 4 is 22.6 Å². The molecule has 170 valence electrons. The molecule has 3 heterocycles. The molecule has 0 saturated heterocycles. The first-order valence-corrected chi connectivity index (χ1v) is 10.6. The molecule has 0 aliphatic carbocycles. The SMILES string of the molecule is Cc1cc(C)n(C(C)C2=NN(c3ccn(Cc4cc(F)ccc4C(F)(F)F)n3)C(N)S2)n1. The summed E-state index contributed by atoms with van der Waals surface area (Å²) in [5.41, 5.74) is 6.45. The molecule has 0 radical (unpaired) electrons. The Hall–Kier alpha value is -2.86. The maximum atomic E-state index is 13.6. The number of halogens is 4. The summed E-state index contributed by atoms with van der Waals surface area (Å²) in [6.45, 7) is 5.58. The van der Waals surface area contributed by atoms with Gasteiger partial charge >= 0.3 is 6.18 Å². The molecule has 0 spiro atoms. The van der Waals surface area contributed by atoms with E-state index in [1.165, 1.54) is 27.6 Å². The quantitative estimate of drug-likeness (QED) is 0.567. The second-order valence-corrected chi connectivity index (χ2v) is 8.65. The van der Waals surface area contributed by atoms with Crippen LogP contribution in [0.15, 0.2) is 41.6 Å². The van der Waals surface area contributed by atoms with Crippen molar-refractivity contribution in [2.24, 2.45) is 10.8 Å². The van der Waals surface area contributed by atoms with E-state index in [2.05, 4.69) is 15.3 Å². The van der Waals surface area contributed by atoms with E-state index in [1.807, 2.05) is 31.5 Å². The van der Waals surface area contributed by atoms with Crippen molar-refractivity contribution in [3.63, 3.8) is 0 Å². The minimum atomic E-state index is -4.59. The highest BCUT2D eigenvalue weighted by Gasteiger charge is 2.34. The second-order valence-electron chi connectivity index (χ2n) is 7.51. The summed E-state index contributed by atoms with van der Waals surface area (Å²) in [6.07, 6.45) is -3.08. The van der Waals surface area contributed by atoms with Crippen LogP contribution in [-0.2, 0) is 12.7 Å². The Bertz CT molecular complexity index is 1170. The van der Waals surface area contributed by atoms with Crippen molar-refractivity contribution in [3.05, 3.63) is 64.9 Å². The summed E-state index contributed by atoms with van der Waals surface area (Å²) in [5.74, 6) is -0.365. The first-order valence-electron chi connectivity index (χ1n) is 9.74. The van der Waals surface area contributed by atoms with Gasteiger partial charge in [-0.25, -0.2) is 9.40 Å². The monoisotopic (exact) mass is 467 g/mol. The number of hydrogen-bond donors (Lipinski definition) is 1. The topological polar surface area (TPSA) is 77.3 Å². The predicted molar refractivity (Wildman–Crippen MR) is 115 cm³/mol. The maximum absolute atomic E-state index is 13.6. The number of nitrogens with two attached hydrogens (primary N) is 1. The van der Waals surface area contributed by atoms with Gasteiger partial charge in [-0.2, -0.15) is 28.5 Å². The molecule has 2 unspecified atom stereocenters. The van der Waals surface area contributed by atoms with Crippen molar-refractivity contribution in [2.75, 3.05) is 5.01 Å². The largest absolute Gasteiger partial charge is 0.416 e. The van der Waals surface area contributed by atoms with E-state index in [9.17, 15) is 17.6 Å². The molecule has 4 rings (SSSR count). The molecule has 2 N–H and O–H groups in total. The Labute approximate surface area is 185 Å². The summed E-state index contributed by atoms with van der Waals surface area (Å²) in [6, 6.07) is 5.83. The van der Waals surface area contributed by atoms with E-state index in [-0.39, 0.29) is 18.2 Å². The standard InChI is InChI=1S/C20H21F4N7S/c1-11-8-12(2)30(26-11)13(3)18-28-31(19(25)32-18)17-6-7-29(27-17)10-14-9-15(21)4-5-16(14)20(22,23)24/h4-9,13,19H,10,25H2,1-3H3. The van der Waals surface area contributed by atoms with Crippen LogP contribution in [0, 0.1) is 19.7 Å². The van der Waals surface area contributed by atoms with Gasteiger partial charge < -0.3 is 5.73 Å². The van der Waals surface area contributed by atoms with Gasteiger partial charge in [-0.1, -0.05) is 11.8 Å². The number of alkyl halides is 3. The van der Waals surface area contributed by atoms with E-state index in [0.717, 1.165) is 34.6 Å². The van der Waals surface area contributed by atoms with Gasteiger partial charge in [-0.15, -0.1) is 0 Å². The molecule has 7 nitrogen and oxygen atoms in total. The number of rotatable bonds is 5. The molecular formula is C20H21F4N7S. The molecule has 0 saturated carbocycles. The fourth-order valence-electron chi connectivity index (χ4n) is 3.57. The zero-order valence-corrected chi connectivity index (χ0v) is 18.3. The van der Waals surface area contributed by atoms with Crippen LogP contribution in [0.5, 0.6) is 0 Å². The maximum Gasteiger partial charge on any atom is 0.416 e. The molecule has 3 aromatic rings. The first kappa shape index (κ1) is 22.3. The molecule has 12 heteroatoms. The summed E-state index contributed by atoms with van der Waals surface area (Å²) < 4.78 is 56.5. The summed E-state index contributed by atoms with van der Waals surface area (Å²) in [4.78, 5) is 0. The predicted octanol–water partition coefficient (Wildman–Crippen LogP) is 4.27. The van der Waals surface area contributed by atoms with Crippen molar-refractivity contribution < 1.29 is 17.6 Å². The van der Waals surface area contributed by atoms with Crippen molar-refractivity contribution in [3.8, 4) is 0 Å².